The molecule has 7 heteroatoms. The summed E-state index contributed by atoms with van der Waals surface area (Å²) in [5.74, 6) is 0.457. The van der Waals surface area contributed by atoms with Gasteiger partial charge in [-0.3, -0.25) is 14.6 Å². The Kier molecular flexibility index (Phi) is 7.05. The zero-order valence-corrected chi connectivity index (χ0v) is 16.1. The van der Waals surface area contributed by atoms with Crippen LogP contribution in [0.15, 0.2) is 12.1 Å². The summed E-state index contributed by atoms with van der Waals surface area (Å²) in [6.07, 6.45) is 0. The van der Waals surface area contributed by atoms with Crippen LogP contribution >= 0.6 is 22.9 Å². The molecule has 1 aliphatic heterocycles. The summed E-state index contributed by atoms with van der Waals surface area (Å²) in [5.41, 5.74) is 0. The Labute approximate surface area is 153 Å². The number of piperazine rings is 1. The molecule has 2 heterocycles. The first-order valence-electron chi connectivity index (χ1n) is 8.25. The highest BCUT2D eigenvalue weighted by atomic mass is 35.5. The zero-order chi connectivity index (χ0) is 17.7. The molecule has 0 aliphatic carbocycles. The number of hydrogen-bond donors (Lipinski definition) is 0. The third kappa shape index (κ3) is 5.18. The topological polar surface area (TPSA) is 50.6 Å². The largest absolute Gasteiger partial charge is 0.339 e. The molecule has 1 unspecified atom stereocenters. The number of nitriles is 1. The molecule has 5 nitrogen and oxygen atoms in total. The fraction of sp³-hybridized carbons (Fsp3) is 0.647. The normalized spacial score (nSPS) is 17.3. The number of carbonyl (C=O) groups excluding carboxylic acids is 1. The van der Waals surface area contributed by atoms with Crippen molar-refractivity contribution in [2.75, 3.05) is 39.8 Å². The van der Waals surface area contributed by atoms with Gasteiger partial charge < -0.3 is 4.90 Å². The van der Waals surface area contributed by atoms with Crippen LogP contribution in [0.2, 0.25) is 4.34 Å². The Balaban J connectivity index is 1.79. The zero-order valence-electron chi connectivity index (χ0n) is 14.5. The van der Waals surface area contributed by atoms with E-state index in [0.717, 1.165) is 28.8 Å². The van der Waals surface area contributed by atoms with Crippen molar-refractivity contribution in [3.63, 3.8) is 0 Å². The van der Waals surface area contributed by atoms with Gasteiger partial charge in [0, 0.05) is 37.6 Å². The molecule has 2 rings (SSSR count). The monoisotopic (exact) mass is 368 g/mol. The number of halogens is 1. The van der Waals surface area contributed by atoms with Crippen LogP contribution in [0.1, 0.15) is 18.7 Å². The van der Waals surface area contributed by atoms with Crippen LogP contribution in [0.25, 0.3) is 0 Å². The van der Waals surface area contributed by atoms with Crippen LogP contribution in [-0.2, 0) is 11.3 Å². The van der Waals surface area contributed by atoms with Gasteiger partial charge in [0.25, 0.3) is 0 Å². The van der Waals surface area contributed by atoms with E-state index in [4.69, 9.17) is 11.6 Å². The maximum Gasteiger partial charge on any atom is 0.236 e. The lowest BCUT2D eigenvalue weighted by atomic mass is 10.0. The molecular weight excluding hydrogens is 344 g/mol. The predicted octanol–water partition coefficient (Wildman–Crippen LogP) is 2.53. The molecule has 0 saturated carbocycles. The number of carbonyl (C=O) groups is 1. The van der Waals surface area contributed by atoms with Crippen molar-refractivity contribution in [2.45, 2.75) is 26.4 Å². The molecule has 0 spiro atoms. The Hall–Kier alpha value is -1.13. The minimum atomic E-state index is -0.0616. The van der Waals surface area contributed by atoms with Crippen molar-refractivity contribution in [1.29, 1.82) is 5.26 Å². The quantitative estimate of drug-likeness (QED) is 0.774. The number of hydrogen-bond acceptors (Lipinski definition) is 5. The molecule has 1 fully saturated rings. The van der Waals surface area contributed by atoms with Crippen molar-refractivity contribution in [2.24, 2.45) is 5.92 Å². The molecule has 0 bridgehead atoms. The standard InChI is InChI=1S/C17H25ClN4OS/c1-13(2)15(10-19)21-6-8-22(9-7-21)17(23)12-20(3)11-14-4-5-16(18)24-14/h4-5,13,15H,6-9,11-12H2,1-3H3. The molecule has 1 aromatic heterocycles. The fourth-order valence-corrected chi connectivity index (χ4v) is 4.16. The van der Waals surface area contributed by atoms with Crippen LogP contribution in [0.4, 0.5) is 0 Å². The molecular formula is C17H25ClN4OS. The second kappa shape index (κ2) is 8.82. The van der Waals surface area contributed by atoms with Gasteiger partial charge in [0.15, 0.2) is 0 Å². The number of rotatable bonds is 6. The van der Waals surface area contributed by atoms with Gasteiger partial charge >= 0.3 is 0 Å². The molecule has 0 N–H and O–H groups in total. The number of nitrogens with zero attached hydrogens (tertiary/aromatic N) is 4. The predicted molar refractivity (Wildman–Crippen MR) is 98.1 cm³/mol. The Morgan fingerprint density at radius 1 is 1.38 bits per heavy atom. The molecule has 0 radical (unpaired) electrons. The van der Waals surface area contributed by atoms with Gasteiger partial charge in [-0.25, -0.2) is 0 Å². The first-order valence-corrected chi connectivity index (χ1v) is 9.44. The number of likely N-dealkylation sites (N-methyl/N-ethyl adjacent to an activating group) is 1. The Bertz CT molecular complexity index is 590. The van der Waals surface area contributed by atoms with Gasteiger partial charge in [-0.1, -0.05) is 25.4 Å². The number of thiophene rings is 1. The third-order valence-electron chi connectivity index (χ3n) is 4.28. The first-order chi connectivity index (χ1) is 11.4. The van der Waals surface area contributed by atoms with E-state index in [1.165, 1.54) is 0 Å². The summed E-state index contributed by atoms with van der Waals surface area (Å²) < 4.78 is 0.776. The van der Waals surface area contributed by atoms with Crippen LogP contribution in [0.5, 0.6) is 0 Å². The van der Waals surface area contributed by atoms with E-state index in [0.29, 0.717) is 25.6 Å². The van der Waals surface area contributed by atoms with Gasteiger partial charge in [0.05, 0.1) is 17.0 Å². The maximum atomic E-state index is 12.5. The summed E-state index contributed by atoms with van der Waals surface area (Å²) in [4.78, 5) is 19.7. The second-order valence-electron chi connectivity index (χ2n) is 6.61. The van der Waals surface area contributed by atoms with Gasteiger partial charge in [0.2, 0.25) is 5.91 Å². The molecule has 1 aromatic rings. The lowest BCUT2D eigenvalue weighted by Gasteiger charge is -2.38. The average Bonchev–Trinajstić information content (AvgIpc) is 2.93. The summed E-state index contributed by atoms with van der Waals surface area (Å²) in [6, 6.07) is 6.21. The van der Waals surface area contributed by atoms with Crippen LogP contribution < -0.4 is 0 Å². The highest BCUT2D eigenvalue weighted by Crippen LogP contribution is 2.22. The minimum absolute atomic E-state index is 0.0616. The molecule has 24 heavy (non-hydrogen) atoms. The summed E-state index contributed by atoms with van der Waals surface area (Å²) in [7, 11) is 1.95. The van der Waals surface area contributed by atoms with E-state index >= 15 is 0 Å². The van der Waals surface area contributed by atoms with E-state index in [1.54, 1.807) is 11.3 Å². The van der Waals surface area contributed by atoms with E-state index in [-0.39, 0.29) is 11.9 Å². The Morgan fingerprint density at radius 3 is 2.54 bits per heavy atom. The van der Waals surface area contributed by atoms with E-state index in [2.05, 4.69) is 24.8 Å². The van der Waals surface area contributed by atoms with Crippen LogP contribution in [-0.4, -0.2) is 66.4 Å². The highest BCUT2D eigenvalue weighted by Gasteiger charge is 2.27. The average molecular weight is 369 g/mol. The van der Waals surface area contributed by atoms with Crippen molar-refractivity contribution in [3.8, 4) is 6.07 Å². The van der Waals surface area contributed by atoms with Crippen molar-refractivity contribution in [3.05, 3.63) is 21.3 Å². The first kappa shape index (κ1) is 19.2. The second-order valence-corrected chi connectivity index (χ2v) is 8.41. The van der Waals surface area contributed by atoms with Gasteiger partial charge in [-0.2, -0.15) is 5.26 Å². The summed E-state index contributed by atoms with van der Waals surface area (Å²) in [5, 5.41) is 9.30. The van der Waals surface area contributed by atoms with Crippen molar-refractivity contribution < 1.29 is 4.79 Å². The lowest BCUT2D eigenvalue weighted by Crippen LogP contribution is -2.54. The molecule has 1 saturated heterocycles. The molecule has 132 valence electrons. The molecule has 1 aliphatic rings. The van der Waals surface area contributed by atoms with Crippen LogP contribution in [0.3, 0.4) is 0 Å². The Morgan fingerprint density at radius 2 is 2.04 bits per heavy atom. The highest BCUT2D eigenvalue weighted by molar-refractivity contribution is 7.16. The van der Waals surface area contributed by atoms with Gasteiger partial charge in [0.1, 0.15) is 6.04 Å². The lowest BCUT2D eigenvalue weighted by molar-refractivity contribution is -0.134. The van der Waals surface area contributed by atoms with Crippen LogP contribution in [0, 0.1) is 17.2 Å². The van der Waals surface area contributed by atoms with E-state index in [9.17, 15) is 10.1 Å². The fourth-order valence-electron chi connectivity index (χ4n) is 2.99. The SMILES string of the molecule is CC(C)C(C#N)N1CCN(C(=O)CN(C)Cc2ccc(Cl)s2)CC1. The smallest absolute Gasteiger partial charge is 0.236 e. The third-order valence-corrected chi connectivity index (χ3v) is 5.50. The molecule has 0 aromatic carbocycles. The molecule has 1 amide bonds. The number of amides is 1. The molecule has 1 atom stereocenters. The van der Waals surface area contributed by atoms with Gasteiger partial charge in [-0.05, 0) is 25.1 Å². The van der Waals surface area contributed by atoms with Gasteiger partial charge in [-0.15, -0.1) is 11.3 Å². The van der Waals surface area contributed by atoms with E-state index < -0.39 is 0 Å². The summed E-state index contributed by atoms with van der Waals surface area (Å²) in [6.45, 7) is 8.20. The van der Waals surface area contributed by atoms with Crippen molar-refractivity contribution in [1.82, 2.24) is 14.7 Å². The maximum absolute atomic E-state index is 12.5. The van der Waals surface area contributed by atoms with Crippen molar-refractivity contribution >= 4 is 28.8 Å². The minimum Gasteiger partial charge on any atom is -0.339 e. The van der Waals surface area contributed by atoms with E-state index in [1.807, 2.05) is 29.0 Å². The summed E-state index contributed by atoms with van der Waals surface area (Å²) >= 11 is 7.49.